The maximum Gasteiger partial charge on any atom is 0.182 e. The lowest BCUT2D eigenvalue weighted by Gasteiger charge is -2.32. The second kappa shape index (κ2) is 7.30. The first-order valence-electron chi connectivity index (χ1n) is 10.3. The molecule has 0 nitrogen and oxygen atoms in total. The van der Waals surface area contributed by atoms with Crippen molar-refractivity contribution in [1.29, 1.82) is 0 Å². The molecule has 0 radical (unpaired) electrons. The summed E-state index contributed by atoms with van der Waals surface area (Å²) in [5.74, 6) is 0. The van der Waals surface area contributed by atoms with Crippen LogP contribution in [0.1, 0.15) is 11.1 Å². The van der Waals surface area contributed by atoms with Crippen LogP contribution in [0.2, 0.25) is 0 Å². The molecule has 0 unspecified atom stereocenters. The molecule has 31 heavy (non-hydrogen) atoms. The lowest BCUT2D eigenvalue weighted by Crippen LogP contribution is -2.56. The number of rotatable bonds is 2. The molecule has 0 atom stereocenters. The minimum atomic E-state index is -2.42. The maximum atomic E-state index is 3.70. The van der Waals surface area contributed by atoms with Crippen LogP contribution in [0.3, 0.4) is 0 Å². The molecule has 0 bridgehead atoms. The molecule has 0 aromatic heterocycles. The molecule has 0 saturated carbocycles. The molecule has 0 fully saturated rings. The van der Waals surface area contributed by atoms with Gasteiger partial charge >= 0.3 is 0 Å². The van der Waals surface area contributed by atoms with Crippen LogP contribution >= 0.6 is 31.9 Å². The quantitative estimate of drug-likeness (QED) is 0.239. The van der Waals surface area contributed by atoms with Crippen LogP contribution in [0.5, 0.6) is 0 Å². The zero-order valence-electron chi connectivity index (χ0n) is 16.6. The molecule has 2 heterocycles. The molecule has 4 aromatic carbocycles. The molecular weight excluding hydrogens is 524 g/mol. The van der Waals surface area contributed by atoms with Crippen LogP contribution in [0.25, 0.3) is 21.5 Å². The highest BCUT2D eigenvalue weighted by molar-refractivity contribution is 9.10. The highest BCUT2D eigenvalue weighted by Gasteiger charge is 2.53. The summed E-state index contributed by atoms with van der Waals surface area (Å²) in [5, 5.41) is 5.90. The third-order valence-electron chi connectivity index (χ3n) is 6.45. The molecule has 0 N–H and O–H groups in total. The number of allylic oxidation sites excluding steroid dienone is 2. The van der Waals surface area contributed by atoms with Crippen LogP contribution < -0.4 is 10.4 Å². The van der Waals surface area contributed by atoms with Gasteiger partial charge in [-0.25, -0.2) is 0 Å². The van der Waals surface area contributed by atoms with Crippen molar-refractivity contribution in [3.63, 3.8) is 0 Å². The average Bonchev–Trinajstić information content (AvgIpc) is 3.33. The summed E-state index contributed by atoms with van der Waals surface area (Å²) >= 11 is 7.41. The van der Waals surface area contributed by atoms with E-state index in [1.807, 2.05) is 0 Å². The molecule has 2 aliphatic heterocycles. The predicted molar refractivity (Wildman–Crippen MR) is 141 cm³/mol. The Morgan fingerprint density at radius 2 is 0.935 bits per heavy atom. The lowest BCUT2D eigenvalue weighted by molar-refractivity contribution is 1.59. The van der Waals surface area contributed by atoms with Gasteiger partial charge in [-0.15, -0.1) is 0 Å². The number of halogens is 2. The standard InChI is InChI=1S/C28H18Br2Si/c29-21-9-5-7-19(17-21)25-15-16-26(20-8-6-10-22(30)18-20)31(25)27-13-3-1-11-23(27)24-12-2-4-14-28(24)31/h1-18H. The SMILES string of the molecule is Brc1cccc(C2=CC=C(c3cccc(Br)c3)[Si]23c2ccccc2-c2ccccc23)c1. The van der Waals surface area contributed by atoms with Crippen molar-refractivity contribution in [1.82, 2.24) is 0 Å². The largest absolute Gasteiger partial charge is 0.182 e. The van der Waals surface area contributed by atoms with Crippen molar-refractivity contribution in [3.8, 4) is 11.1 Å². The van der Waals surface area contributed by atoms with Gasteiger partial charge in [-0.05, 0) is 67.3 Å². The summed E-state index contributed by atoms with van der Waals surface area (Å²) in [4.78, 5) is 0. The van der Waals surface area contributed by atoms with Crippen molar-refractivity contribution in [3.05, 3.63) is 129 Å². The van der Waals surface area contributed by atoms with Gasteiger partial charge in [0, 0.05) is 8.95 Å². The smallest absolute Gasteiger partial charge is 0.0623 e. The molecule has 0 aliphatic carbocycles. The van der Waals surface area contributed by atoms with Gasteiger partial charge in [0.15, 0.2) is 8.07 Å². The molecule has 0 amide bonds. The van der Waals surface area contributed by atoms with E-state index in [0.717, 1.165) is 8.95 Å². The molecule has 2 aliphatic rings. The first kappa shape index (κ1) is 19.2. The highest BCUT2D eigenvalue weighted by Crippen LogP contribution is 2.47. The number of hydrogen-bond acceptors (Lipinski definition) is 0. The van der Waals surface area contributed by atoms with Crippen LogP contribution in [0.4, 0.5) is 0 Å². The summed E-state index contributed by atoms with van der Waals surface area (Å²) in [5.41, 5.74) is 5.37. The molecule has 4 aromatic rings. The topological polar surface area (TPSA) is 0 Å². The van der Waals surface area contributed by atoms with E-state index < -0.39 is 8.07 Å². The van der Waals surface area contributed by atoms with Crippen molar-refractivity contribution >= 4 is 60.7 Å². The maximum absolute atomic E-state index is 3.70. The molecule has 0 saturated heterocycles. The van der Waals surface area contributed by atoms with Crippen LogP contribution in [-0.2, 0) is 0 Å². The van der Waals surface area contributed by atoms with Crippen LogP contribution in [0, 0.1) is 0 Å². The fourth-order valence-corrected chi connectivity index (χ4v) is 11.6. The van der Waals surface area contributed by atoms with Crippen molar-refractivity contribution < 1.29 is 0 Å². The monoisotopic (exact) mass is 540 g/mol. The number of hydrogen-bond donors (Lipinski definition) is 0. The van der Waals surface area contributed by atoms with E-state index in [1.54, 1.807) is 0 Å². The highest BCUT2D eigenvalue weighted by atomic mass is 79.9. The van der Waals surface area contributed by atoms with Gasteiger partial charge in [0.2, 0.25) is 0 Å². The van der Waals surface area contributed by atoms with E-state index >= 15 is 0 Å². The van der Waals surface area contributed by atoms with Gasteiger partial charge in [0.1, 0.15) is 0 Å². The summed E-state index contributed by atoms with van der Waals surface area (Å²) in [6, 6.07) is 35.6. The van der Waals surface area contributed by atoms with Gasteiger partial charge in [0.05, 0.1) is 0 Å². The fraction of sp³-hybridized carbons (Fsp3) is 0. The van der Waals surface area contributed by atoms with E-state index in [1.165, 1.54) is 43.0 Å². The Kier molecular flexibility index (Phi) is 4.53. The Balaban J connectivity index is 1.72. The number of benzene rings is 4. The summed E-state index contributed by atoms with van der Waals surface area (Å²) in [6.45, 7) is 0. The van der Waals surface area contributed by atoms with Gasteiger partial charge < -0.3 is 0 Å². The molecule has 1 spiro atoms. The zero-order valence-corrected chi connectivity index (χ0v) is 20.8. The lowest BCUT2D eigenvalue weighted by atomic mass is 10.1. The van der Waals surface area contributed by atoms with Gasteiger partial charge in [0.25, 0.3) is 0 Å². The van der Waals surface area contributed by atoms with E-state index in [-0.39, 0.29) is 0 Å². The minimum Gasteiger partial charge on any atom is -0.0623 e. The zero-order chi connectivity index (χ0) is 21.0. The fourth-order valence-electron chi connectivity index (χ4n) is 5.31. The van der Waals surface area contributed by atoms with Crippen molar-refractivity contribution in [2.75, 3.05) is 0 Å². The first-order chi connectivity index (χ1) is 15.2. The van der Waals surface area contributed by atoms with Gasteiger partial charge in [-0.2, -0.15) is 0 Å². The summed E-state index contributed by atoms with van der Waals surface area (Å²) in [6.07, 6.45) is 4.76. The molecule has 148 valence electrons. The van der Waals surface area contributed by atoms with E-state index in [9.17, 15) is 0 Å². The normalized spacial score (nSPS) is 15.4. The van der Waals surface area contributed by atoms with E-state index in [0.29, 0.717) is 0 Å². The predicted octanol–water partition coefficient (Wildman–Crippen LogP) is 7.01. The minimum absolute atomic E-state index is 1.12. The number of fused-ring (bicyclic) bond motifs is 5. The molecule has 3 heteroatoms. The Labute approximate surface area is 200 Å². The van der Waals surface area contributed by atoms with Crippen molar-refractivity contribution in [2.45, 2.75) is 0 Å². The third-order valence-corrected chi connectivity index (χ3v) is 12.4. The van der Waals surface area contributed by atoms with Crippen LogP contribution in [0.15, 0.2) is 118 Å². The second-order valence-electron chi connectivity index (χ2n) is 8.02. The van der Waals surface area contributed by atoms with Gasteiger partial charge in [-0.1, -0.05) is 117 Å². The van der Waals surface area contributed by atoms with Gasteiger partial charge in [-0.3, -0.25) is 0 Å². The average molecular weight is 542 g/mol. The Hall–Kier alpha value is -2.46. The molecular formula is C28H18Br2Si. The van der Waals surface area contributed by atoms with E-state index in [2.05, 4.69) is 141 Å². The van der Waals surface area contributed by atoms with Crippen molar-refractivity contribution in [2.24, 2.45) is 0 Å². The Bertz CT molecular complexity index is 1300. The Morgan fingerprint density at radius 3 is 1.39 bits per heavy atom. The van der Waals surface area contributed by atoms with Crippen LogP contribution in [-0.4, -0.2) is 8.07 Å². The first-order valence-corrected chi connectivity index (χ1v) is 13.9. The third kappa shape index (κ3) is 2.77. The Morgan fingerprint density at radius 1 is 0.484 bits per heavy atom. The second-order valence-corrected chi connectivity index (χ2v) is 13.5. The molecule has 6 rings (SSSR count). The summed E-state index contributed by atoms with van der Waals surface area (Å²) in [7, 11) is -2.42. The summed E-state index contributed by atoms with van der Waals surface area (Å²) < 4.78 is 2.23. The van der Waals surface area contributed by atoms with E-state index in [4.69, 9.17) is 0 Å².